The minimum Gasteiger partial charge on any atom is -0.0888 e. The van der Waals surface area contributed by atoms with Crippen LogP contribution in [0.15, 0.2) is 12.2 Å². The van der Waals surface area contributed by atoms with Crippen LogP contribution in [-0.2, 0) is 0 Å². The highest BCUT2D eigenvalue weighted by molar-refractivity contribution is 4.83. The summed E-state index contributed by atoms with van der Waals surface area (Å²) in [6.07, 6.45) is 13.8. The monoisotopic (exact) mass is 138 g/mol. The van der Waals surface area contributed by atoms with Crippen LogP contribution in [0.4, 0.5) is 0 Å². The lowest BCUT2D eigenvalue weighted by Gasteiger charge is -1.92. The lowest BCUT2D eigenvalue weighted by molar-refractivity contribution is 0.830. The van der Waals surface area contributed by atoms with E-state index in [2.05, 4.69) is 38.8 Å². The van der Waals surface area contributed by atoms with Crippen molar-refractivity contribution < 1.29 is 0 Å². The van der Waals surface area contributed by atoms with E-state index in [4.69, 9.17) is 0 Å². The van der Waals surface area contributed by atoms with Crippen LogP contribution in [0, 0.1) is 12.8 Å². The lowest BCUT2D eigenvalue weighted by atomic mass is 10.1. The SMILES string of the molecule is C[CH][CH]CCCC=CCC. The van der Waals surface area contributed by atoms with Gasteiger partial charge in [-0.05, 0) is 38.5 Å². The molecule has 0 bridgehead atoms. The Hall–Kier alpha value is -0.260. The summed E-state index contributed by atoms with van der Waals surface area (Å²) in [6, 6.07) is 0. The summed E-state index contributed by atoms with van der Waals surface area (Å²) in [4.78, 5) is 0. The Kier molecular flexibility index (Phi) is 8.51. The molecule has 0 unspecified atom stereocenters. The van der Waals surface area contributed by atoms with Crippen LogP contribution in [0.1, 0.15) is 39.5 Å². The van der Waals surface area contributed by atoms with E-state index < -0.39 is 0 Å². The van der Waals surface area contributed by atoms with Gasteiger partial charge in [0.05, 0.1) is 0 Å². The zero-order valence-electron chi connectivity index (χ0n) is 7.14. The minimum absolute atomic E-state index is 1.17. The first-order valence-corrected chi connectivity index (χ1v) is 4.18. The van der Waals surface area contributed by atoms with E-state index in [1.165, 1.54) is 25.7 Å². The maximum absolute atomic E-state index is 2.27. The van der Waals surface area contributed by atoms with Gasteiger partial charge in [-0.25, -0.2) is 0 Å². The second-order valence-electron chi connectivity index (χ2n) is 2.38. The van der Waals surface area contributed by atoms with E-state index >= 15 is 0 Å². The smallest absolute Gasteiger partial charge is 0.0351 e. The molecule has 0 fully saturated rings. The lowest BCUT2D eigenvalue weighted by Crippen LogP contribution is -1.74. The maximum Gasteiger partial charge on any atom is -0.0351 e. The number of hydrogen-bond acceptors (Lipinski definition) is 0. The molecule has 0 aromatic heterocycles. The summed E-state index contributed by atoms with van der Waals surface area (Å²) in [5.74, 6) is 0. The summed E-state index contributed by atoms with van der Waals surface area (Å²) >= 11 is 0. The predicted octanol–water partition coefficient (Wildman–Crippen LogP) is 3.55. The molecule has 2 radical (unpaired) electrons. The van der Waals surface area contributed by atoms with Crippen molar-refractivity contribution >= 4 is 0 Å². The minimum atomic E-state index is 1.17. The number of hydrogen-bond donors (Lipinski definition) is 0. The predicted molar refractivity (Wildman–Crippen MR) is 47.6 cm³/mol. The molecule has 0 saturated carbocycles. The van der Waals surface area contributed by atoms with Crippen molar-refractivity contribution in [1.29, 1.82) is 0 Å². The van der Waals surface area contributed by atoms with Crippen LogP contribution < -0.4 is 0 Å². The molecule has 0 aliphatic heterocycles. The first-order valence-electron chi connectivity index (χ1n) is 4.18. The third-order valence-corrected chi connectivity index (χ3v) is 1.38. The zero-order valence-corrected chi connectivity index (χ0v) is 7.14. The molecule has 0 spiro atoms. The number of allylic oxidation sites excluding steroid dienone is 2. The first-order chi connectivity index (χ1) is 4.91. The second kappa shape index (κ2) is 8.74. The third kappa shape index (κ3) is 7.74. The second-order valence-corrected chi connectivity index (χ2v) is 2.38. The van der Waals surface area contributed by atoms with Gasteiger partial charge in [0.15, 0.2) is 0 Å². The van der Waals surface area contributed by atoms with Gasteiger partial charge in [-0.3, -0.25) is 0 Å². The average Bonchev–Trinajstić information content (AvgIpc) is 1.97. The summed E-state index contributed by atoms with van der Waals surface area (Å²) < 4.78 is 0. The highest BCUT2D eigenvalue weighted by Gasteiger charge is 1.83. The molecule has 0 aromatic carbocycles. The van der Waals surface area contributed by atoms with Crippen LogP contribution >= 0.6 is 0 Å². The fraction of sp³-hybridized carbons (Fsp3) is 0.600. The molecule has 0 aliphatic carbocycles. The van der Waals surface area contributed by atoms with Gasteiger partial charge < -0.3 is 0 Å². The van der Waals surface area contributed by atoms with Gasteiger partial charge in [-0.15, -0.1) is 0 Å². The number of unbranched alkanes of at least 4 members (excludes halogenated alkanes) is 4. The van der Waals surface area contributed by atoms with E-state index in [0.29, 0.717) is 0 Å². The first kappa shape index (κ1) is 9.74. The van der Waals surface area contributed by atoms with Crippen LogP contribution in [0.2, 0.25) is 0 Å². The molecule has 10 heavy (non-hydrogen) atoms. The largest absolute Gasteiger partial charge is 0.0888 e. The van der Waals surface area contributed by atoms with Gasteiger partial charge >= 0.3 is 0 Å². The molecule has 0 rings (SSSR count). The molecular formula is C10H18. The van der Waals surface area contributed by atoms with Crippen LogP contribution in [0.25, 0.3) is 0 Å². The molecular weight excluding hydrogens is 120 g/mol. The molecule has 0 aliphatic rings. The van der Waals surface area contributed by atoms with Gasteiger partial charge in [0.2, 0.25) is 0 Å². The van der Waals surface area contributed by atoms with Gasteiger partial charge in [-0.1, -0.05) is 26.0 Å². The summed E-state index contributed by atoms with van der Waals surface area (Å²) in [6.45, 7) is 4.24. The van der Waals surface area contributed by atoms with Crippen molar-refractivity contribution in [2.24, 2.45) is 0 Å². The van der Waals surface area contributed by atoms with E-state index in [0.717, 1.165) is 0 Å². The molecule has 0 atom stereocenters. The van der Waals surface area contributed by atoms with Crippen molar-refractivity contribution in [3.05, 3.63) is 25.0 Å². The standard InChI is InChI=1S/C10H18/c1-3-5-7-9-10-8-6-4-2/h3,5-6,8H,4,7,9-10H2,1-2H3. The molecule has 0 heterocycles. The Morgan fingerprint density at radius 3 is 2.50 bits per heavy atom. The quantitative estimate of drug-likeness (QED) is 0.389. The van der Waals surface area contributed by atoms with E-state index in [1.807, 2.05) is 0 Å². The third-order valence-electron chi connectivity index (χ3n) is 1.38. The molecule has 0 amide bonds. The normalized spacial score (nSPS) is 11.0. The topological polar surface area (TPSA) is 0 Å². The van der Waals surface area contributed by atoms with Crippen molar-refractivity contribution in [2.45, 2.75) is 39.5 Å². The fourth-order valence-electron chi connectivity index (χ4n) is 0.805. The Labute approximate surface area is 65.3 Å². The highest BCUT2D eigenvalue weighted by Crippen LogP contribution is 2.01. The fourth-order valence-corrected chi connectivity index (χ4v) is 0.805. The molecule has 0 aromatic rings. The summed E-state index contributed by atoms with van der Waals surface area (Å²) in [5, 5.41) is 0. The number of rotatable bonds is 6. The Bertz CT molecular complexity index is 72.1. The molecule has 0 heteroatoms. The van der Waals surface area contributed by atoms with Crippen molar-refractivity contribution in [3.63, 3.8) is 0 Å². The van der Waals surface area contributed by atoms with Gasteiger partial charge in [0.25, 0.3) is 0 Å². The molecule has 0 saturated heterocycles. The summed E-state index contributed by atoms with van der Waals surface area (Å²) in [7, 11) is 0. The Morgan fingerprint density at radius 1 is 1.10 bits per heavy atom. The van der Waals surface area contributed by atoms with Crippen molar-refractivity contribution in [1.82, 2.24) is 0 Å². The van der Waals surface area contributed by atoms with E-state index in [1.54, 1.807) is 0 Å². The van der Waals surface area contributed by atoms with Crippen LogP contribution in [0.5, 0.6) is 0 Å². The molecule has 0 nitrogen and oxygen atoms in total. The van der Waals surface area contributed by atoms with Crippen molar-refractivity contribution in [3.8, 4) is 0 Å². The van der Waals surface area contributed by atoms with Gasteiger partial charge in [0.1, 0.15) is 0 Å². The Balaban J connectivity index is 2.83. The highest BCUT2D eigenvalue weighted by atomic mass is 13.9. The van der Waals surface area contributed by atoms with Crippen LogP contribution in [-0.4, -0.2) is 0 Å². The van der Waals surface area contributed by atoms with Crippen LogP contribution in [0.3, 0.4) is 0 Å². The Morgan fingerprint density at radius 2 is 1.90 bits per heavy atom. The van der Waals surface area contributed by atoms with Gasteiger partial charge in [-0.2, -0.15) is 0 Å². The van der Waals surface area contributed by atoms with E-state index in [9.17, 15) is 0 Å². The zero-order chi connectivity index (χ0) is 7.66. The average molecular weight is 138 g/mol. The van der Waals surface area contributed by atoms with E-state index in [-0.39, 0.29) is 0 Å². The maximum atomic E-state index is 2.27. The molecule has 0 N–H and O–H groups in total. The summed E-state index contributed by atoms with van der Waals surface area (Å²) in [5.41, 5.74) is 0. The van der Waals surface area contributed by atoms with Crippen molar-refractivity contribution in [2.75, 3.05) is 0 Å². The van der Waals surface area contributed by atoms with Gasteiger partial charge in [0, 0.05) is 0 Å². The molecule has 58 valence electrons.